The number of hydrogen-bond acceptors (Lipinski definition) is 3. The molecule has 0 aromatic carbocycles. The molecule has 1 fully saturated rings. The molecule has 5 heteroatoms. The van der Waals surface area contributed by atoms with Gasteiger partial charge in [0, 0.05) is 26.1 Å². The van der Waals surface area contributed by atoms with Crippen molar-refractivity contribution in [2.75, 3.05) is 13.1 Å². The van der Waals surface area contributed by atoms with Crippen molar-refractivity contribution in [2.24, 2.45) is 5.73 Å². The summed E-state index contributed by atoms with van der Waals surface area (Å²) in [4.78, 5) is 24.9. The van der Waals surface area contributed by atoms with Gasteiger partial charge in [-0.2, -0.15) is 0 Å². The van der Waals surface area contributed by atoms with Crippen LogP contribution < -0.4 is 11.1 Å². The second-order valence-electron chi connectivity index (χ2n) is 5.10. The van der Waals surface area contributed by atoms with Crippen molar-refractivity contribution in [2.45, 2.75) is 51.6 Å². The summed E-state index contributed by atoms with van der Waals surface area (Å²) in [5.74, 6) is -0.0550. The first-order valence-corrected chi connectivity index (χ1v) is 6.22. The van der Waals surface area contributed by atoms with E-state index in [1.807, 2.05) is 6.92 Å². The Labute approximate surface area is 103 Å². The first-order chi connectivity index (χ1) is 7.86. The number of amides is 2. The molecule has 0 saturated carbocycles. The number of carbonyl (C=O) groups is 2. The van der Waals surface area contributed by atoms with Gasteiger partial charge in [0.05, 0.1) is 5.54 Å². The van der Waals surface area contributed by atoms with E-state index in [9.17, 15) is 9.59 Å². The average Bonchev–Trinajstić information content (AvgIpc) is 2.63. The number of nitrogens with two attached hydrogens (primary N) is 1. The lowest BCUT2D eigenvalue weighted by molar-refractivity contribution is -0.135. The van der Waals surface area contributed by atoms with E-state index in [1.165, 1.54) is 6.92 Å². The maximum atomic E-state index is 12.2. The van der Waals surface area contributed by atoms with E-state index in [-0.39, 0.29) is 17.9 Å². The standard InChI is InChI=1S/C12H23N3O2/c1-4-6-12(3,13)11(17)15-7-5-10(8-15)14-9(2)16/h10H,4-8,13H2,1-3H3,(H,14,16). The third-order valence-corrected chi connectivity index (χ3v) is 3.14. The SMILES string of the molecule is CCCC(C)(N)C(=O)N1CCC(NC(C)=O)C1. The van der Waals surface area contributed by atoms with Crippen LogP contribution in [-0.2, 0) is 9.59 Å². The Hall–Kier alpha value is -1.10. The van der Waals surface area contributed by atoms with Crippen LogP contribution in [0, 0.1) is 0 Å². The number of carbonyl (C=O) groups excluding carboxylic acids is 2. The van der Waals surface area contributed by atoms with Crippen molar-refractivity contribution in [3.8, 4) is 0 Å². The van der Waals surface area contributed by atoms with Crippen LogP contribution in [-0.4, -0.2) is 41.4 Å². The Balaban J connectivity index is 2.53. The Bertz CT molecular complexity index is 302. The summed E-state index contributed by atoms with van der Waals surface area (Å²) in [6.07, 6.45) is 2.39. The molecule has 0 aliphatic carbocycles. The van der Waals surface area contributed by atoms with E-state index < -0.39 is 5.54 Å². The summed E-state index contributed by atoms with van der Waals surface area (Å²) in [5, 5.41) is 2.84. The molecule has 0 aromatic rings. The molecule has 0 radical (unpaired) electrons. The Kier molecular flexibility index (Phi) is 4.51. The molecule has 3 N–H and O–H groups in total. The van der Waals surface area contributed by atoms with Gasteiger partial charge in [-0.05, 0) is 19.8 Å². The third-order valence-electron chi connectivity index (χ3n) is 3.14. The van der Waals surface area contributed by atoms with Gasteiger partial charge in [0.15, 0.2) is 0 Å². The van der Waals surface area contributed by atoms with Gasteiger partial charge in [0.2, 0.25) is 11.8 Å². The second-order valence-corrected chi connectivity index (χ2v) is 5.10. The zero-order chi connectivity index (χ0) is 13.1. The maximum Gasteiger partial charge on any atom is 0.242 e. The van der Waals surface area contributed by atoms with Gasteiger partial charge in [0.1, 0.15) is 0 Å². The smallest absolute Gasteiger partial charge is 0.242 e. The van der Waals surface area contributed by atoms with E-state index in [0.717, 1.165) is 12.8 Å². The van der Waals surface area contributed by atoms with E-state index >= 15 is 0 Å². The van der Waals surface area contributed by atoms with E-state index in [2.05, 4.69) is 5.32 Å². The summed E-state index contributed by atoms with van der Waals surface area (Å²) < 4.78 is 0. The molecule has 2 unspecified atom stereocenters. The minimum atomic E-state index is -0.778. The fraction of sp³-hybridized carbons (Fsp3) is 0.833. The van der Waals surface area contributed by atoms with Gasteiger partial charge in [0.25, 0.3) is 0 Å². The van der Waals surface area contributed by atoms with E-state index in [1.54, 1.807) is 11.8 Å². The number of hydrogen-bond donors (Lipinski definition) is 2. The Morgan fingerprint density at radius 3 is 2.71 bits per heavy atom. The average molecular weight is 241 g/mol. The molecule has 1 aliphatic rings. The molecule has 1 rings (SSSR count). The second kappa shape index (κ2) is 5.49. The summed E-state index contributed by atoms with van der Waals surface area (Å²) in [6.45, 7) is 6.55. The molecule has 1 heterocycles. The number of nitrogens with one attached hydrogen (secondary N) is 1. The number of rotatable bonds is 4. The monoisotopic (exact) mass is 241 g/mol. The first-order valence-electron chi connectivity index (χ1n) is 6.22. The highest BCUT2D eigenvalue weighted by molar-refractivity contribution is 5.86. The summed E-state index contributed by atoms with van der Waals surface area (Å²) in [6, 6.07) is 0.0777. The molecule has 17 heavy (non-hydrogen) atoms. The molecular weight excluding hydrogens is 218 g/mol. The normalized spacial score (nSPS) is 23.3. The highest BCUT2D eigenvalue weighted by atomic mass is 16.2. The quantitative estimate of drug-likeness (QED) is 0.740. The first kappa shape index (κ1) is 14.0. The fourth-order valence-electron chi connectivity index (χ4n) is 2.34. The maximum absolute atomic E-state index is 12.2. The van der Waals surface area contributed by atoms with Crippen molar-refractivity contribution in [1.82, 2.24) is 10.2 Å². The van der Waals surface area contributed by atoms with E-state index in [4.69, 9.17) is 5.73 Å². The van der Waals surface area contributed by atoms with Crippen LogP contribution in [0.1, 0.15) is 40.0 Å². The number of nitrogens with zero attached hydrogens (tertiary/aromatic N) is 1. The van der Waals surface area contributed by atoms with Crippen molar-refractivity contribution in [3.05, 3.63) is 0 Å². The molecule has 1 saturated heterocycles. The zero-order valence-electron chi connectivity index (χ0n) is 11.0. The highest BCUT2D eigenvalue weighted by Gasteiger charge is 2.35. The summed E-state index contributed by atoms with van der Waals surface area (Å²) in [7, 11) is 0. The molecule has 5 nitrogen and oxygen atoms in total. The van der Waals surface area contributed by atoms with Crippen molar-refractivity contribution in [1.29, 1.82) is 0 Å². The van der Waals surface area contributed by atoms with Crippen LogP contribution >= 0.6 is 0 Å². The minimum absolute atomic E-state index is 0.00722. The van der Waals surface area contributed by atoms with Gasteiger partial charge in [-0.25, -0.2) is 0 Å². The van der Waals surface area contributed by atoms with Crippen LogP contribution in [0.25, 0.3) is 0 Å². The molecule has 0 bridgehead atoms. The van der Waals surface area contributed by atoms with Crippen LogP contribution in [0.4, 0.5) is 0 Å². The fourth-order valence-corrected chi connectivity index (χ4v) is 2.34. The van der Waals surface area contributed by atoms with Gasteiger partial charge < -0.3 is 16.0 Å². The lowest BCUT2D eigenvalue weighted by Crippen LogP contribution is -2.53. The third kappa shape index (κ3) is 3.70. The van der Waals surface area contributed by atoms with Gasteiger partial charge in [-0.15, -0.1) is 0 Å². The van der Waals surface area contributed by atoms with Crippen LogP contribution in [0.15, 0.2) is 0 Å². The molecule has 0 spiro atoms. The van der Waals surface area contributed by atoms with E-state index in [0.29, 0.717) is 19.5 Å². The topological polar surface area (TPSA) is 75.4 Å². The predicted molar refractivity (Wildman–Crippen MR) is 66.3 cm³/mol. The predicted octanol–water partition coefficient (Wildman–Crippen LogP) is 0.241. The largest absolute Gasteiger partial charge is 0.352 e. The van der Waals surface area contributed by atoms with Crippen molar-refractivity contribution in [3.63, 3.8) is 0 Å². The summed E-state index contributed by atoms with van der Waals surface area (Å²) >= 11 is 0. The highest BCUT2D eigenvalue weighted by Crippen LogP contribution is 2.17. The lowest BCUT2D eigenvalue weighted by Gasteiger charge is -2.28. The van der Waals surface area contributed by atoms with Crippen LogP contribution in [0.5, 0.6) is 0 Å². The van der Waals surface area contributed by atoms with Gasteiger partial charge in [-0.3, -0.25) is 9.59 Å². The van der Waals surface area contributed by atoms with Crippen molar-refractivity contribution < 1.29 is 9.59 Å². The lowest BCUT2D eigenvalue weighted by atomic mass is 9.96. The van der Waals surface area contributed by atoms with Crippen LogP contribution in [0.3, 0.4) is 0 Å². The van der Waals surface area contributed by atoms with Gasteiger partial charge >= 0.3 is 0 Å². The van der Waals surface area contributed by atoms with Crippen molar-refractivity contribution >= 4 is 11.8 Å². The molecular formula is C12H23N3O2. The minimum Gasteiger partial charge on any atom is -0.352 e. The zero-order valence-corrected chi connectivity index (χ0v) is 11.0. The molecule has 0 aromatic heterocycles. The van der Waals surface area contributed by atoms with Gasteiger partial charge in [-0.1, -0.05) is 13.3 Å². The number of likely N-dealkylation sites (tertiary alicyclic amines) is 1. The Morgan fingerprint density at radius 1 is 1.53 bits per heavy atom. The molecule has 2 amide bonds. The molecule has 2 atom stereocenters. The molecule has 98 valence electrons. The Morgan fingerprint density at radius 2 is 2.18 bits per heavy atom. The van der Waals surface area contributed by atoms with Crippen LogP contribution in [0.2, 0.25) is 0 Å². The summed E-state index contributed by atoms with van der Waals surface area (Å²) in [5.41, 5.74) is 5.24. The molecule has 1 aliphatic heterocycles.